The zero-order chi connectivity index (χ0) is 9.42. The summed E-state index contributed by atoms with van der Waals surface area (Å²) in [5.41, 5.74) is 0. The molecule has 2 N–H and O–H groups in total. The molecule has 3 heteroatoms. The number of rotatable bonds is 2. The van der Waals surface area contributed by atoms with Crippen LogP contribution < -0.4 is 0 Å². The molecule has 0 bridgehead atoms. The molecule has 4 atom stereocenters. The largest absolute Gasteiger partial charge is 0.393 e. The Morgan fingerprint density at radius 3 is 2.77 bits per heavy atom. The Balaban J connectivity index is 1.87. The predicted molar refractivity (Wildman–Crippen MR) is 50.3 cm³/mol. The van der Waals surface area contributed by atoms with E-state index >= 15 is 0 Å². The van der Waals surface area contributed by atoms with Crippen molar-refractivity contribution in [1.82, 2.24) is 4.90 Å². The van der Waals surface area contributed by atoms with Crippen molar-refractivity contribution < 1.29 is 10.2 Å². The van der Waals surface area contributed by atoms with Gasteiger partial charge in [0.1, 0.15) is 0 Å². The maximum absolute atomic E-state index is 9.66. The first-order chi connectivity index (χ1) is 6.16. The fourth-order valence-electron chi connectivity index (χ4n) is 2.85. The van der Waals surface area contributed by atoms with Crippen molar-refractivity contribution >= 4 is 0 Å². The summed E-state index contributed by atoms with van der Waals surface area (Å²) in [7, 11) is 0. The highest BCUT2D eigenvalue weighted by Gasteiger charge is 2.41. The molecule has 2 aliphatic rings. The quantitative estimate of drug-likeness (QED) is 0.640. The van der Waals surface area contributed by atoms with Gasteiger partial charge in [-0.2, -0.15) is 0 Å². The topological polar surface area (TPSA) is 43.7 Å². The van der Waals surface area contributed by atoms with Crippen LogP contribution in [0, 0.1) is 11.8 Å². The van der Waals surface area contributed by atoms with Crippen LogP contribution >= 0.6 is 0 Å². The summed E-state index contributed by atoms with van der Waals surface area (Å²) < 4.78 is 0. The Hall–Kier alpha value is -0.120. The van der Waals surface area contributed by atoms with Crippen LogP contribution in [0.4, 0.5) is 0 Å². The molecule has 2 rings (SSSR count). The van der Waals surface area contributed by atoms with Crippen LogP contribution in [0.1, 0.15) is 19.8 Å². The Labute approximate surface area is 79.4 Å². The monoisotopic (exact) mass is 185 g/mol. The Bertz CT molecular complexity index is 184. The summed E-state index contributed by atoms with van der Waals surface area (Å²) in [6.45, 7) is 4.65. The van der Waals surface area contributed by atoms with Gasteiger partial charge in [-0.05, 0) is 25.7 Å². The van der Waals surface area contributed by atoms with E-state index in [-0.39, 0.29) is 12.2 Å². The maximum Gasteiger partial charge on any atom is 0.0639 e. The molecule has 0 amide bonds. The van der Waals surface area contributed by atoms with E-state index < -0.39 is 0 Å². The Morgan fingerprint density at radius 2 is 2.15 bits per heavy atom. The molecular formula is C10H19NO2. The minimum absolute atomic E-state index is 0.0796. The van der Waals surface area contributed by atoms with Crippen molar-refractivity contribution in [2.75, 3.05) is 19.6 Å². The molecule has 1 heterocycles. The summed E-state index contributed by atoms with van der Waals surface area (Å²) >= 11 is 0. The SMILES string of the molecule is C[C@H](O)CN1CC2CCC(O)C2C1. The molecule has 2 fully saturated rings. The summed E-state index contributed by atoms with van der Waals surface area (Å²) in [5.74, 6) is 1.17. The lowest BCUT2D eigenvalue weighted by Crippen LogP contribution is -2.31. The van der Waals surface area contributed by atoms with E-state index in [2.05, 4.69) is 4.90 Å². The van der Waals surface area contributed by atoms with Gasteiger partial charge in [-0.1, -0.05) is 0 Å². The first kappa shape index (κ1) is 9.44. The highest BCUT2D eigenvalue weighted by atomic mass is 16.3. The van der Waals surface area contributed by atoms with Gasteiger partial charge in [-0.25, -0.2) is 0 Å². The molecule has 0 spiro atoms. The second-order valence-electron chi connectivity index (χ2n) is 4.64. The van der Waals surface area contributed by atoms with Crippen molar-refractivity contribution in [3.8, 4) is 0 Å². The van der Waals surface area contributed by atoms with Crippen LogP contribution in [0.15, 0.2) is 0 Å². The normalized spacial score (nSPS) is 42.2. The minimum atomic E-state index is -0.240. The third-order valence-electron chi connectivity index (χ3n) is 3.42. The molecule has 1 aliphatic carbocycles. The summed E-state index contributed by atoms with van der Waals surface area (Å²) in [4.78, 5) is 2.28. The summed E-state index contributed by atoms with van der Waals surface area (Å²) in [5, 5.41) is 18.9. The Kier molecular flexibility index (Phi) is 2.58. The number of hydrogen-bond donors (Lipinski definition) is 2. The molecule has 0 aromatic rings. The molecule has 0 aromatic heterocycles. The third kappa shape index (κ3) is 1.87. The first-order valence-electron chi connectivity index (χ1n) is 5.25. The van der Waals surface area contributed by atoms with E-state index in [1.807, 2.05) is 6.92 Å². The highest BCUT2D eigenvalue weighted by molar-refractivity contribution is 4.93. The van der Waals surface area contributed by atoms with Gasteiger partial charge in [0, 0.05) is 25.6 Å². The van der Waals surface area contributed by atoms with Crippen LogP contribution in [-0.2, 0) is 0 Å². The number of β-amino-alcohol motifs (C(OH)–C–C–N with tert-alkyl or cyclic N) is 1. The van der Waals surface area contributed by atoms with Gasteiger partial charge < -0.3 is 15.1 Å². The lowest BCUT2D eigenvalue weighted by atomic mass is 10.00. The van der Waals surface area contributed by atoms with Gasteiger partial charge in [0.2, 0.25) is 0 Å². The molecule has 76 valence electrons. The van der Waals surface area contributed by atoms with Crippen molar-refractivity contribution in [3.63, 3.8) is 0 Å². The summed E-state index contributed by atoms with van der Waals surface area (Å²) in [6, 6.07) is 0. The molecule has 3 unspecified atom stereocenters. The average molecular weight is 185 g/mol. The second-order valence-corrected chi connectivity index (χ2v) is 4.64. The lowest BCUT2D eigenvalue weighted by molar-refractivity contribution is 0.107. The maximum atomic E-state index is 9.66. The van der Waals surface area contributed by atoms with Crippen LogP contribution in [0.2, 0.25) is 0 Å². The number of aliphatic hydroxyl groups is 2. The van der Waals surface area contributed by atoms with E-state index in [0.717, 1.165) is 26.1 Å². The van der Waals surface area contributed by atoms with Crippen LogP contribution in [-0.4, -0.2) is 47.0 Å². The number of hydrogen-bond acceptors (Lipinski definition) is 3. The lowest BCUT2D eigenvalue weighted by Gasteiger charge is -2.19. The van der Waals surface area contributed by atoms with E-state index in [1.165, 1.54) is 6.42 Å². The van der Waals surface area contributed by atoms with Crippen molar-refractivity contribution in [2.24, 2.45) is 11.8 Å². The zero-order valence-electron chi connectivity index (χ0n) is 8.19. The van der Waals surface area contributed by atoms with E-state index in [1.54, 1.807) is 0 Å². The molecule has 0 aromatic carbocycles. The zero-order valence-corrected chi connectivity index (χ0v) is 8.19. The molecule has 1 aliphatic heterocycles. The smallest absolute Gasteiger partial charge is 0.0639 e. The van der Waals surface area contributed by atoms with Gasteiger partial charge in [0.15, 0.2) is 0 Å². The van der Waals surface area contributed by atoms with E-state index in [9.17, 15) is 10.2 Å². The summed E-state index contributed by atoms with van der Waals surface area (Å²) in [6.07, 6.45) is 1.83. The van der Waals surface area contributed by atoms with Crippen molar-refractivity contribution in [3.05, 3.63) is 0 Å². The Morgan fingerprint density at radius 1 is 1.38 bits per heavy atom. The fourth-order valence-corrected chi connectivity index (χ4v) is 2.85. The standard InChI is InChI=1S/C10H19NO2/c1-7(12)4-11-5-8-2-3-10(13)9(8)6-11/h7-10,12-13H,2-6H2,1H3/t7-,8?,9?,10?/m0/s1. The van der Waals surface area contributed by atoms with Gasteiger partial charge in [0.25, 0.3) is 0 Å². The fraction of sp³-hybridized carbons (Fsp3) is 1.00. The average Bonchev–Trinajstić information content (AvgIpc) is 2.53. The van der Waals surface area contributed by atoms with Gasteiger partial charge >= 0.3 is 0 Å². The van der Waals surface area contributed by atoms with Crippen molar-refractivity contribution in [1.29, 1.82) is 0 Å². The van der Waals surface area contributed by atoms with E-state index in [0.29, 0.717) is 11.8 Å². The second kappa shape index (κ2) is 3.56. The first-order valence-corrected chi connectivity index (χ1v) is 5.25. The number of likely N-dealkylation sites (tertiary alicyclic amines) is 1. The van der Waals surface area contributed by atoms with E-state index in [4.69, 9.17) is 0 Å². The van der Waals surface area contributed by atoms with Crippen molar-refractivity contribution in [2.45, 2.75) is 32.0 Å². The van der Waals surface area contributed by atoms with Crippen LogP contribution in [0.3, 0.4) is 0 Å². The molecular weight excluding hydrogens is 166 g/mol. The molecule has 3 nitrogen and oxygen atoms in total. The molecule has 13 heavy (non-hydrogen) atoms. The van der Waals surface area contributed by atoms with Gasteiger partial charge in [0.05, 0.1) is 12.2 Å². The van der Waals surface area contributed by atoms with Crippen LogP contribution in [0.25, 0.3) is 0 Å². The van der Waals surface area contributed by atoms with Gasteiger partial charge in [-0.3, -0.25) is 0 Å². The number of fused-ring (bicyclic) bond motifs is 1. The number of aliphatic hydroxyl groups excluding tert-OH is 2. The highest BCUT2D eigenvalue weighted by Crippen LogP contribution is 2.37. The molecule has 0 radical (unpaired) electrons. The molecule has 1 saturated carbocycles. The number of nitrogens with zero attached hydrogens (tertiary/aromatic N) is 1. The molecule has 1 saturated heterocycles. The minimum Gasteiger partial charge on any atom is -0.393 e. The third-order valence-corrected chi connectivity index (χ3v) is 3.42. The predicted octanol–water partition coefficient (Wildman–Crippen LogP) is 0.0699. The van der Waals surface area contributed by atoms with Gasteiger partial charge in [-0.15, -0.1) is 0 Å². The van der Waals surface area contributed by atoms with Crippen LogP contribution in [0.5, 0.6) is 0 Å².